The van der Waals surface area contributed by atoms with E-state index in [0.29, 0.717) is 0 Å². The van der Waals surface area contributed by atoms with Gasteiger partial charge in [-0.2, -0.15) is 0 Å². The molecule has 0 atom stereocenters. The zero-order valence-electron chi connectivity index (χ0n) is 12.8. The van der Waals surface area contributed by atoms with Crippen LogP contribution in [0.4, 0.5) is 0 Å². The van der Waals surface area contributed by atoms with E-state index in [9.17, 15) is 0 Å². The van der Waals surface area contributed by atoms with Crippen molar-refractivity contribution in [3.63, 3.8) is 0 Å². The van der Waals surface area contributed by atoms with Gasteiger partial charge in [-0.05, 0) is 84.1 Å². The number of nitrogens with one attached hydrogen (secondary N) is 1. The number of para-hydroxylation sites is 1. The maximum Gasteiger partial charge on any atom is 0.0497 e. The summed E-state index contributed by atoms with van der Waals surface area (Å²) in [5.41, 5.74) is 12.2. The summed E-state index contributed by atoms with van der Waals surface area (Å²) >= 11 is 2.37. The highest BCUT2D eigenvalue weighted by atomic mass is 127. The Hall–Kier alpha value is -1.33. The van der Waals surface area contributed by atoms with Crippen molar-refractivity contribution in [1.29, 1.82) is 0 Å². The molecular formula is C19H21IN2. The molecule has 3 heteroatoms. The fourth-order valence-electron chi connectivity index (χ4n) is 3.02. The third kappa shape index (κ3) is 3.06. The van der Waals surface area contributed by atoms with E-state index in [1.165, 1.54) is 36.9 Å². The van der Waals surface area contributed by atoms with Gasteiger partial charge in [0.05, 0.1) is 0 Å². The first-order chi connectivity index (χ1) is 10.7. The molecule has 3 N–H and O–H groups in total. The number of aromatic amines is 1. The first-order valence-corrected chi connectivity index (χ1v) is 8.84. The van der Waals surface area contributed by atoms with E-state index < -0.39 is 0 Å². The Balaban J connectivity index is 2.15. The van der Waals surface area contributed by atoms with Gasteiger partial charge in [0, 0.05) is 20.2 Å². The standard InChI is InChI=1S/C19H21IN2/c1-13-6-4-10-16-17(9-2-3-11-21)19(22-18(13)16)14-7-5-8-15(20)12-14/h4-8,10,12,22H,2-3,9,11,21H2,1H3. The molecule has 114 valence electrons. The number of halogens is 1. The molecule has 0 saturated carbocycles. The average Bonchev–Trinajstić information content (AvgIpc) is 2.88. The number of fused-ring (bicyclic) bond motifs is 1. The van der Waals surface area contributed by atoms with Crippen molar-refractivity contribution in [2.75, 3.05) is 6.54 Å². The molecule has 3 rings (SSSR count). The first-order valence-electron chi connectivity index (χ1n) is 7.77. The molecule has 1 aromatic heterocycles. The molecule has 0 unspecified atom stereocenters. The lowest BCUT2D eigenvalue weighted by Gasteiger charge is -2.06. The van der Waals surface area contributed by atoms with Gasteiger partial charge >= 0.3 is 0 Å². The first kappa shape index (κ1) is 15.6. The van der Waals surface area contributed by atoms with Gasteiger partial charge in [-0.15, -0.1) is 0 Å². The third-order valence-corrected chi connectivity index (χ3v) is 4.81. The van der Waals surface area contributed by atoms with Gasteiger partial charge in [-0.3, -0.25) is 0 Å². The summed E-state index contributed by atoms with van der Waals surface area (Å²) < 4.78 is 1.26. The minimum absolute atomic E-state index is 0.764. The lowest BCUT2D eigenvalue weighted by atomic mass is 9.99. The van der Waals surface area contributed by atoms with Gasteiger partial charge in [-0.25, -0.2) is 0 Å². The fraction of sp³-hybridized carbons (Fsp3) is 0.263. The third-order valence-electron chi connectivity index (χ3n) is 4.14. The predicted molar refractivity (Wildman–Crippen MR) is 103 cm³/mol. The van der Waals surface area contributed by atoms with Crippen molar-refractivity contribution >= 4 is 33.5 Å². The lowest BCUT2D eigenvalue weighted by Crippen LogP contribution is -1.99. The monoisotopic (exact) mass is 404 g/mol. The second-order valence-electron chi connectivity index (χ2n) is 5.73. The normalized spacial score (nSPS) is 11.2. The fourth-order valence-corrected chi connectivity index (χ4v) is 3.56. The zero-order valence-corrected chi connectivity index (χ0v) is 15.0. The molecule has 0 amide bonds. The number of H-pyrrole nitrogens is 1. The number of aromatic nitrogens is 1. The summed E-state index contributed by atoms with van der Waals surface area (Å²) in [5, 5.41) is 1.35. The minimum atomic E-state index is 0.764. The maximum absolute atomic E-state index is 5.66. The summed E-state index contributed by atoms with van der Waals surface area (Å²) in [5.74, 6) is 0. The molecule has 0 bridgehead atoms. The molecule has 0 saturated heterocycles. The van der Waals surface area contributed by atoms with Crippen LogP contribution in [0.5, 0.6) is 0 Å². The Labute approximate surface area is 145 Å². The van der Waals surface area contributed by atoms with Crippen LogP contribution >= 0.6 is 22.6 Å². The second-order valence-corrected chi connectivity index (χ2v) is 6.98. The van der Waals surface area contributed by atoms with Crippen molar-refractivity contribution in [3.8, 4) is 11.3 Å². The largest absolute Gasteiger partial charge is 0.354 e. The van der Waals surface area contributed by atoms with Crippen LogP contribution in [0.1, 0.15) is 24.0 Å². The van der Waals surface area contributed by atoms with Crippen molar-refractivity contribution in [2.24, 2.45) is 5.73 Å². The van der Waals surface area contributed by atoms with Crippen LogP contribution in [0.2, 0.25) is 0 Å². The highest BCUT2D eigenvalue weighted by molar-refractivity contribution is 14.1. The Morgan fingerprint density at radius 3 is 2.68 bits per heavy atom. The molecule has 2 nitrogen and oxygen atoms in total. The number of hydrogen-bond acceptors (Lipinski definition) is 1. The Kier molecular flexibility index (Phi) is 4.84. The molecule has 3 aromatic rings. The van der Waals surface area contributed by atoms with Crippen molar-refractivity contribution < 1.29 is 0 Å². The minimum Gasteiger partial charge on any atom is -0.354 e. The van der Waals surface area contributed by atoms with Gasteiger partial charge in [0.1, 0.15) is 0 Å². The van der Waals surface area contributed by atoms with Crippen LogP contribution < -0.4 is 5.73 Å². The molecule has 0 aliphatic carbocycles. The van der Waals surface area contributed by atoms with Gasteiger partial charge in [-0.1, -0.05) is 30.3 Å². The highest BCUT2D eigenvalue weighted by Gasteiger charge is 2.14. The topological polar surface area (TPSA) is 41.8 Å². The quantitative estimate of drug-likeness (QED) is 0.455. The Morgan fingerprint density at radius 1 is 1.09 bits per heavy atom. The number of hydrogen-bond donors (Lipinski definition) is 2. The predicted octanol–water partition coefficient (Wildman–Crippen LogP) is 5.03. The molecule has 22 heavy (non-hydrogen) atoms. The molecular weight excluding hydrogens is 383 g/mol. The van der Waals surface area contributed by atoms with Gasteiger partial charge in [0.15, 0.2) is 0 Å². The van der Waals surface area contributed by atoms with E-state index in [1.807, 2.05) is 0 Å². The van der Waals surface area contributed by atoms with Gasteiger partial charge < -0.3 is 10.7 Å². The van der Waals surface area contributed by atoms with E-state index in [1.54, 1.807) is 0 Å². The molecule has 1 heterocycles. The number of aryl methyl sites for hydroxylation is 2. The van der Waals surface area contributed by atoms with E-state index in [0.717, 1.165) is 25.8 Å². The van der Waals surface area contributed by atoms with Crippen LogP contribution in [-0.4, -0.2) is 11.5 Å². The SMILES string of the molecule is Cc1cccc2c(CCCCN)c(-c3cccc(I)c3)[nH]c12. The molecule has 0 spiro atoms. The number of rotatable bonds is 5. The molecule has 2 aromatic carbocycles. The van der Waals surface area contributed by atoms with E-state index >= 15 is 0 Å². The molecule has 0 radical (unpaired) electrons. The number of benzene rings is 2. The highest BCUT2D eigenvalue weighted by Crippen LogP contribution is 2.33. The van der Waals surface area contributed by atoms with Crippen LogP contribution in [0, 0.1) is 10.5 Å². The van der Waals surface area contributed by atoms with Gasteiger partial charge in [0.2, 0.25) is 0 Å². The van der Waals surface area contributed by atoms with E-state index in [2.05, 4.69) is 77.0 Å². The smallest absolute Gasteiger partial charge is 0.0497 e. The average molecular weight is 404 g/mol. The maximum atomic E-state index is 5.66. The molecule has 0 aliphatic heterocycles. The number of unbranched alkanes of at least 4 members (excludes halogenated alkanes) is 1. The van der Waals surface area contributed by atoms with Crippen molar-refractivity contribution in [2.45, 2.75) is 26.2 Å². The summed E-state index contributed by atoms with van der Waals surface area (Å²) in [4.78, 5) is 3.67. The zero-order chi connectivity index (χ0) is 15.5. The van der Waals surface area contributed by atoms with Gasteiger partial charge in [0.25, 0.3) is 0 Å². The van der Waals surface area contributed by atoms with Crippen molar-refractivity contribution in [1.82, 2.24) is 4.98 Å². The summed E-state index contributed by atoms with van der Waals surface area (Å²) in [6.07, 6.45) is 3.28. The van der Waals surface area contributed by atoms with Crippen molar-refractivity contribution in [3.05, 3.63) is 57.2 Å². The van der Waals surface area contributed by atoms with E-state index in [-0.39, 0.29) is 0 Å². The van der Waals surface area contributed by atoms with E-state index in [4.69, 9.17) is 5.73 Å². The van der Waals surface area contributed by atoms with Crippen LogP contribution in [-0.2, 0) is 6.42 Å². The van der Waals surface area contributed by atoms with Crippen LogP contribution in [0.15, 0.2) is 42.5 Å². The summed E-state index contributed by atoms with van der Waals surface area (Å²) in [7, 11) is 0. The molecule has 0 aliphatic rings. The van der Waals surface area contributed by atoms with Crippen LogP contribution in [0.25, 0.3) is 22.2 Å². The summed E-state index contributed by atoms with van der Waals surface area (Å²) in [6.45, 7) is 2.93. The lowest BCUT2D eigenvalue weighted by molar-refractivity contribution is 0.748. The second kappa shape index (κ2) is 6.84. The number of nitrogens with two attached hydrogens (primary N) is 1. The Bertz CT molecular complexity index is 789. The van der Waals surface area contributed by atoms with Crippen LogP contribution in [0.3, 0.4) is 0 Å². The molecule has 0 fully saturated rings. The Morgan fingerprint density at radius 2 is 1.91 bits per heavy atom. The summed E-state index contributed by atoms with van der Waals surface area (Å²) in [6, 6.07) is 15.2.